The number of nitrogens with zero attached hydrogens (tertiary/aromatic N) is 3. The summed E-state index contributed by atoms with van der Waals surface area (Å²) in [5.41, 5.74) is 2.33. The van der Waals surface area contributed by atoms with E-state index in [0.29, 0.717) is 22.0 Å². The van der Waals surface area contributed by atoms with Crippen LogP contribution in [0.1, 0.15) is 30.1 Å². The first-order valence-corrected chi connectivity index (χ1v) is 12.7. The van der Waals surface area contributed by atoms with Gasteiger partial charge in [0.05, 0.1) is 20.7 Å². The van der Waals surface area contributed by atoms with Crippen molar-refractivity contribution in [3.8, 4) is 0 Å². The van der Waals surface area contributed by atoms with E-state index >= 15 is 0 Å². The fraction of sp³-hybridized carbons (Fsp3) is 0.318. The Kier molecular flexibility index (Phi) is 6.37. The molecule has 2 aromatic carbocycles. The van der Waals surface area contributed by atoms with E-state index in [1.165, 1.54) is 38.4 Å². The number of rotatable bonds is 6. The van der Waals surface area contributed by atoms with E-state index in [2.05, 4.69) is 20.5 Å². The number of carbonyl (C=O) groups is 2. The molecule has 1 aromatic heterocycles. The Labute approximate surface area is 196 Å². The van der Waals surface area contributed by atoms with Crippen LogP contribution in [0.5, 0.6) is 0 Å². The topological polar surface area (TPSA) is 112 Å². The summed E-state index contributed by atoms with van der Waals surface area (Å²) in [6, 6.07) is 9.99. The monoisotopic (exact) mass is 487 g/mol. The van der Waals surface area contributed by atoms with Crippen molar-refractivity contribution in [2.75, 3.05) is 42.7 Å². The molecule has 11 heteroatoms. The van der Waals surface area contributed by atoms with Crippen LogP contribution in [0.2, 0.25) is 0 Å². The number of carbonyl (C=O) groups excluding carboxylic acids is 2. The second-order valence-electron chi connectivity index (χ2n) is 8.00. The molecule has 4 rings (SSSR count). The second-order valence-corrected chi connectivity index (χ2v) is 11.2. The molecule has 9 nitrogen and oxygen atoms in total. The lowest BCUT2D eigenvalue weighted by Gasteiger charge is -2.22. The number of aromatic nitrogens is 1. The molecule has 0 aliphatic carbocycles. The minimum atomic E-state index is -3.69. The molecule has 0 unspecified atom stereocenters. The van der Waals surface area contributed by atoms with E-state index in [1.54, 1.807) is 30.3 Å². The third-order valence-electron chi connectivity index (χ3n) is 5.37. The number of anilines is 3. The van der Waals surface area contributed by atoms with Crippen molar-refractivity contribution in [1.29, 1.82) is 0 Å². The van der Waals surface area contributed by atoms with Crippen molar-refractivity contribution >= 4 is 59.9 Å². The highest BCUT2D eigenvalue weighted by Crippen LogP contribution is 2.31. The molecule has 2 amide bonds. The van der Waals surface area contributed by atoms with Crippen molar-refractivity contribution in [2.24, 2.45) is 0 Å². The van der Waals surface area contributed by atoms with Gasteiger partial charge in [-0.1, -0.05) is 11.3 Å². The lowest BCUT2D eigenvalue weighted by atomic mass is 10.1. The third kappa shape index (κ3) is 4.85. The zero-order chi connectivity index (χ0) is 23.8. The van der Waals surface area contributed by atoms with Crippen molar-refractivity contribution in [1.82, 2.24) is 9.29 Å². The highest BCUT2D eigenvalue weighted by molar-refractivity contribution is 7.89. The lowest BCUT2D eigenvalue weighted by Crippen LogP contribution is -2.25. The minimum Gasteiger partial charge on any atom is -0.371 e. The quantitative estimate of drug-likeness (QED) is 0.552. The van der Waals surface area contributed by atoms with Crippen LogP contribution in [-0.2, 0) is 14.8 Å². The van der Waals surface area contributed by atoms with Gasteiger partial charge in [-0.05, 0) is 49.2 Å². The summed E-state index contributed by atoms with van der Waals surface area (Å²) in [5.74, 6) is -0.594. The zero-order valence-electron chi connectivity index (χ0n) is 18.6. The summed E-state index contributed by atoms with van der Waals surface area (Å²) in [6.45, 7) is 3.06. The van der Waals surface area contributed by atoms with Crippen LogP contribution in [0.15, 0.2) is 41.3 Å². The Morgan fingerprint density at radius 3 is 2.45 bits per heavy atom. The first kappa shape index (κ1) is 23.1. The molecule has 0 atom stereocenters. The van der Waals surface area contributed by atoms with Gasteiger partial charge in [0.15, 0.2) is 5.13 Å². The summed E-state index contributed by atoms with van der Waals surface area (Å²) in [4.78, 5) is 31.2. The molecule has 0 bridgehead atoms. The number of amides is 2. The fourth-order valence-corrected chi connectivity index (χ4v) is 5.55. The largest absolute Gasteiger partial charge is 0.371 e. The highest BCUT2D eigenvalue weighted by Gasteiger charge is 2.25. The van der Waals surface area contributed by atoms with Gasteiger partial charge in [0.1, 0.15) is 0 Å². The highest BCUT2D eigenvalue weighted by atomic mass is 32.2. The molecule has 0 spiro atoms. The first-order valence-electron chi connectivity index (χ1n) is 10.5. The van der Waals surface area contributed by atoms with Crippen molar-refractivity contribution in [3.63, 3.8) is 0 Å². The number of fused-ring (bicyclic) bond motifs is 1. The van der Waals surface area contributed by atoms with Gasteiger partial charge in [0.2, 0.25) is 15.9 Å². The molecule has 174 valence electrons. The number of benzene rings is 2. The molecular weight excluding hydrogens is 462 g/mol. The van der Waals surface area contributed by atoms with Crippen LogP contribution >= 0.6 is 11.3 Å². The smallest absolute Gasteiger partial charge is 0.259 e. The van der Waals surface area contributed by atoms with E-state index in [-0.39, 0.29) is 16.4 Å². The van der Waals surface area contributed by atoms with Gasteiger partial charge in [0.25, 0.3) is 5.91 Å². The molecular formula is C22H25N5O4S2. The van der Waals surface area contributed by atoms with Crippen LogP contribution in [-0.4, -0.2) is 56.7 Å². The van der Waals surface area contributed by atoms with E-state index < -0.39 is 15.9 Å². The normalized spacial score (nSPS) is 14.1. The van der Waals surface area contributed by atoms with E-state index in [1.807, 2.05) is 0 Å². The van der Waals surface area contributed by atoms with Crippen LogP contribution < -0.4 is 15.5 Å². The summed E-state index contributed by atoms with van der Waals surface area (Å²) < 4.78 is 27.3. The molecule has 1 fully saturated rings. The zero-order valence-corrected chi connectivity index (χ0v) is 20.2. The third-order valence-corrected chi connectivity index (χ3v) is 8.11. The average Bonchev–Trinajstić information content (AvgIpc) is 3.42. The molecule has 1 saturated heterocycles. The Morgan fingerprint density at radius 2 is 1.79 bits per heavy atom. The number of hydrogen-bond acceptors (Lipinski definition) is 7. The number of hydrogen-bond donors (Lipinski definition) is 2. The molecule has 3 aromatic rings. The SMILES string of the molecule is CC(=O)Nc1ccc2nc(NC(=O)c3cc(S(=O)(=O)N(C)C)ccc3N3CCCC3)sc2c1. The van der Waals surface area contributed by atoms with E-state index in [0.717, 1.165) is 34.9 Å². The van der Waals surface area contributed by atoms with Crippen LogP contribution in [0.4, 0.5) is 16.5 Å². The number of sulfonamides is 1. The lowest BCUT2D eigenvalue weighted by molar-refractivity contribution is -0.114. The fourth-order valence-electron chi connectivity index (χ4n) is 3.73. The summed E-state index contributed by atoms with van der Waals surface area (Å²) in [6.07, 6.45) is 2.04. The van der Waals surface area contributed by atoms with Crippen molar-refractivity contribution in [3.05, 3.63) is 42.0 Å². The Balaban J connectivity index is 1.68. The molecule has 1 aliphatic heterocycles. The van der Waals surface area contributed by atoms with Crippen molar-refractivity contribution < 1.29 is 18.0 Å². The summed E-state index contributed by atoms with van der Waals surface area (Å²) >= 11 is 1.28. The predicted molar refractivity (Wildman–Crippen MR) is 131 cm³/mol. The molecule has 33 heavy (non-hydrogen) atoms. The van der Waals surface area contributed by atoms with Crippen LogP contribution in [0.3, 0.4) is 0 Å². The van der Waals surface area contributed by atoms with Gasteiger partial charge in [0, 0.05) is 45.5 Å². The molecule has 2 heterocycles. The Hall–Kier alpha value is -3.02. The maximum absolute atomic E-state index is 13.3. The first-order chi connectivity index (χ1) is 15.6. The Bertz CT molecular complexity index is 1330. The average molecular weight is 488 g/mol. The number of thiazole rings is 1. The summed E-state index contributed by atoms with van der Waals surface area (Å²) in [7, 11) is -0.778. The van der Waals surface area contributed by atoms with Crippen LogP contribution in [0, 0.1) is 0 Å². The van der Waals surface area contributed by atoms with Gasteiger partial charge in [-0.25, -0.2) is 17.7 Å². The van der Waals surface area contributed by atoms with Crippen LogP contribution in [0.25, 0.3) is 10.2 Å². The standard InChI is InChI=1S/C22H25N5O4S2/c1-14(28)23-15-6-8-18-20(12-15)32-22(24-18)25-21(29)17-13-16(33(30,31)26(2)3)7-9-19(17)27-10-4-5-11-27/h6-9,12-13H,4-5,10-11H2,1-3H3,(H,23,28)(H,24,25,29). The van der Waals surface area contributed by atoms with Gasteiger partial charge in [-0.15, -0.1) is 0 Å². The molecule has 1 aliphatic rings. The predicted octanol–water partition coefficient (Wildman–Crippen LogP) is 3.36. The Morgan fingerprint density at radius 1 is 1.06 bits per heavy atom. The van der Waals surface area contributed by atoms with E-state index in [4.69, 9.17) is 0 Å². The van der Waals surface area contributed by atoms with Gasteiger partial charge < -0.3 is 10.2 Å². The van der Waals surface area contributed by atoms with Gasteiger partial charge in [-0.3, -0.25) is 14.9 Å². The van der Waals surface area contributed by atoms with E-state index in [9.17, 15) is 18.0 Å². The van der Waals surface area contributed by atoms with Crippen molar-refractivity contribution in [2.45, 2.75) is 24.7 Å². The summed E-state index contributed by atoms with van der Waals surface area (Å²) in [5, 5.41) is 5.94. The second kappa shape index (κ2) is 9.08. The molecule has 2 N–H and O–H groups in total. The maximum Gasteiger partial charge on any atom is 0.259 e. The maximum atomic E-state index is 13.3. The minimum absolute atomic E-state index is 0.0600. The van der Waals surface area contributed by atoms with Gasteiger partial charge >= 0.3 is 0 Å². The van der Waals surface area contributed by atoms with Gasteiger partial charge in [-0.2, -0.15) is 0 Å². The molecule has 0 radical (unpaired) electrons. The number of nitrogens with one attached hydrogen (secondary N) is 2. The molecule has 0 saturated carbocycles.